The second kappa shape index (κ2) is 60.3. The first kappa shape index (κ1) is 68.8. The molecule has 0 saturated carbocycles. The van der Waals surface area contributed by atoms with Crippen molar-refractivity contribution in [1.29, 1.82) is 0 Å². The summed E-state index contributed by atoms with van der Waals surface area (Å²) < 4.78 is 16.7. The highest BCUT2D eigenvalue weighted by Gasteiger charge is 2.19. The van der Waals surface area contributed by atoms with Gasteiger partial charge in [0.2, 0.25) is 0 Å². The summed E-state index contributed by atoms with van der Waals surface area (Å²) in [4.78, 5) is 38.1. The lowest BCUT2D eigenvalue weighted by molar-refractivity contribution is -0.166. The first-order valence-corrected chi connectivity index (χ1v) is 29.1. The first-order chi connectivity index (χ1) is 36.5. The summed E-state index contributed by atoms with van der Waals surface area (Å²) >= 11 is 0. The maximum absolute atomic E-state index is 12.8. The van der Waals surface area contributed by atoms with Gasteiger partial charge in [-0.05, 0) is 128 Å². The molecule has 0 bridgehead atoms. The Labute approximate surface area is 453 Å². The van der Waals surface area contributed by atoms with Crippen LogP contribution in [-0.4, -0.2) is 37.2 Å². The molecule has 0 spiro atoms. The molecular weight excluding hydrogens is 913 g/mol. The number of carbonyl (C=O) groups is 3. The molecule has 0 aromatic heterocycles. The zero-order valence-corrected chi connectivity index (χ0v) is 47.0. The minimum absolute atomic E-state index is 0.0804. The van der Waals surface area contributed by atoms with E-state index in [2.05, 4.69) is 179 Å². The van der Waals surface area contributed by atoms with E-state index in [1.54, 1.807) is 6.08 Å². The topological polar surface area (TPSA) is 78.9 Å². The van der Waals surface area contributed by atoms with Crippen LogP contribution in [0.25, 0.3) is 0 Å². The molecule has 0 radical (unpaired) electrons. The van der Waals surface area contributed by atoms with Gasteiger partial charge in [0, 0.05) is 12.8 Å². The lowest BCUT2D eigenvalue weighted by atomic mass is 10.1. The molecule has 0 aliphatic rings. The second-order valence-electron chi connectivity index (χ2n) is 18.4. The SMILES string of the molecule is CC/C=C\C/C=C\C/C=C\C/C=C\C/C=C\C/C=C\C/C=C\CCCCCCCC(=O)OCC(COC(=O)CCCCCCC/C=C\C/C=C\CCCC)OC(=O)C/C=C\C/C=C\C/C=C\C/C=C\C/C=C\CC. The molecular formula is C68H104O6. The summed E-state index contributed by atoms with van der Waals surface area (Å²) in [5, 5.41) is 0. The Hall–Kier alpha value is -5.23. The Balaban J connectivity index is 4.50. The third kappa shape index (κ3) is 57.7. The summed E-state index contributed by atoms with van der Waals surface area (Å²) in [5.41, 5.74) is 0. The van der Waals surface area contributed by atoms with E-state index < -0.39 is 12.1 Å². The number of hydrogen-bond donors (Lipinski definition) is 0. The molecule has 1 atom stereocenters. The summed E-state index contributed by atoms with van der Waals surface area (Å²) in [7, 11) is 0. The van der Waals surface area contributed by atoms with Crippen molar-refractivity contribution < 1.29 is 28.6 Å². The van der Waals surface area contributed by atoms with Crippen LogP contribution in [0.15, 0.2) is 170 Å². The van der Waals surface area contributed by atoms with E-state index in [4.69, 9.17) is 14.2 Å². The van der Waals surface area contributed by atoms with Gasteiger partial charge in [0.15, 0.2) is 6.10 Å². The predicted molar refractivity (Wildman–Crippen MR) is 320 cm³/mol. The van der Waals surface area contributed by atoms with Crippen LogP contribution in [0, 0.1) is 0 Å². The molecule has 0 saturated heterocycles. The molecule has 0 aromatic carbocycles. The van der Waals surface area contributed by atoms with Crippen molar-refractivity contribution >= 4 is 17.9 Å². The average molecular weight is 1020 g/mol. The van der Waals surface area contributed by atoms with Crippen LogP contribution in [0.4, 0.5) is 0 Å². The van der Waals surface area contributed by atoms with Crippen LogP contribution in [0.2, 0.25) is 0 Å². The van der Waals surface area contributed by atoms with Crippen LogP contribution in [0.5, 0.6) is 0 Å². The Morgan fingerprint density at radius 3 is 0.892 bits per heavy atom. The Morgan fingerprint density at radius 1 is 0.297 bits per heavy atom. The van der Waals surface area contributed by atoms with E-state index in [9.17, 15) is 14.4 Å². The van der Waals surface area contributed by atoms with Gasteiger partial charge in [-0.2, -0.15) is 0 Å². The summed E-state index contributed by atoms with van der Waals surface area (Å²) in [5.74, 6) is -1.11. The molecule has 0 aliphatic carbocycles. The second-order valence-corrected chi connectivity index (χ2v) is 18.4. The Bertz CT molecular complexity index is 1740. The molecule has 6 nitrogen and oxygen atoms in total. The number of carbonyl (C=O) groups excluding carboxylic acids is 3. The van der Waals surface area contributed by atoms with Gasteiger partial charge in [-0.25, -0.2) is 0 Å². The van der Waals surface area contributed by atoms with Crippen molar-refractivity contribution in [3.8, 4) is 0 Å². The summed E-state index contributed by atoms with van der Waals surface area (Å²) in [6.45, 7) is 6.23. The zero-order valence-electron chi connectivity index (χ0n) is 47.0. The molecule has 412 valence electrons. The number of ether oxygens (including phenoxy) is 3. The molecule has 6 heteroatoms. The standard InChI is InChI=1S/C68H104O6/c1-4-7-10-13-16-19-22-25-28-29-30-31-32-33-34-35-36-37-38-39-41-43-46-49-52-55-58-61-67(70)73-64-65(63-72-66(69)60-57-54-51-48-45-42-27-24-21-18-15-12-9-6-3)74-68(71)62-59-56-53-50-47-44-40-26-23-20-17-14-11-8-5-2/h7-8,10-11,15-20,24-28,30-31,33-34,36-37,39-41,47,50,56,59,65H,4-6,9,12-14,21-23,29,32,35,38,42-46,48-49,51-55,57-58,60-64H2,1-3H3/b10-7-,11-8-,18-15-,19-16-,20-17-,27-24-,28-25-,31-30-,34-33-,37-36-,40-26-,41-39-,50-47-,59-56-. The van der Waals surface area contributed by atoms with E-state index in [1.165, 1.54) is 19.3 Å². The third-order valence-corrected chi connectivity index (χ3v) is 11.5. The van der Waals surface area contributed by atoms with Gasteiger partial charge in [-0.15, -0.1) is 0 Å². The minimum Gasteiger partial charge on any atom is -0.462 e. The fraction of sp³-hybridized carbons (Fsp3) is 0.544. The maximum atomic E-state index is 12.8. The fourth-order valence-corrected chi connectivity index (χ4v) is 7.16. The Kier molecular flexibility index (Phi) is 56.1. The van der Waals surface area contributed by atoms with Gasteiger partial charge in [-0.1, -0.05) is 242 Å². The van der Waals surface area contributed by atoms with Crippen molar-refractivity contribution in [1.82, 2.24) is 0 Å². The zero-order chi connectivity index (χ0) is 53.6. The van der Waals surface area contributed by atoms with Crippen LogP contribution in [0.3, 0.4) is 0 Å². The van der Waals surface area contributed by atoms with Crippen molar-refractivity contribution in [3.63, 3.8) is 0 Å². The number of esters is 3. The molecule has 0 amide bonds. The number of unbranched alkanes of at least 4 members (excludes halogenated alkanes) is 12. The number of allylic oxidation sites excluding steroid dienone is 27. The quantitative estimate of drug-likeness (QED) is 0.0261. The van der Waals surface area contributed by atoms with E-state index in [0.29, 0.717) is 19.3 Å². The smallest absolute Gasteiger partial charge is 0.310 e. The molecule has 0 aromatic rings. The van der Waals surface area contributed by atoms with Gasteiger partial charge in [0.25, 0.3) is 0 Å². The van der Waals surface area contributed by atoms with Crippen LogP contribution in [0.1, 0.15) is 220 Å². The highest BCUT2D eigenvalue weighted by molar-refractivity contribution is 5.72. The average Bonchev–Trinajstić information content (AvgIpc) is 3.40. The van der Waals surface area contributed by atoms with Gasteiger partial charge in [0.1, 0.15) is 13.2 Å². The van der Waals surface area contributed by atoms with Gasteiger partial charge in [-0.3, -0.25) is 14.4 Å². The van der Waals surface area contributed by atoms with E-state index in [-0.39, 0.29) is 31.6 Å². The van der Waals surface area contributed by atoms with Crippen molar-refractivity contribution in [3.05, 3.63) is 170 Å². The molecule has 74 heavy (non-hydrogen) atoms. The molecule has 0 fully saturated rings. The fourth-order valence-electron chi connectivity index (χ4n) is 7.16. The van der Waals surface area contributed by atoms with Crippen LogP contribution < -0.4 is 0 Å². The molecule has 1 unspecified atom stereocenters. The maximum Gasteiger partial charge on any atom is 0.310 e. The highest BCUT2D eigenvalue weighted by Crippen LogP contribution is 2.12. The lowest BCUT2D eigenvalue weighted by Crippen LogP contribution is -2.30. The number of hydrogen-bond acceptors (Lipinski definition) is 6. The van der Waals surface area contributed by atoms with Gasteiger partial charge < -0.3 is 14.2 Å². The largest absolute Gasteiger partial charge is 0.462 e. The van der Waals surface area contributed by atoms with E-state index >= 15 is 0 Å². The van der Waals surface area contributed by atoms with E-state index in [1.807, 2.05) is 6.08 Å². The van der Waals surface area contributed by atoms with Crippen molar-refractivity contribution in [2.45, 2.75) is 226 Å². The molecule has 0 heterocycles. The lowest BCUT2D eigenvalue weighted by Gasteiger charge is -2.18. The molecule has 0 N–H and O–H groups in total. The molecule has 0 aliphatic heterocycles. The van der Waals surface area contributed by atoms with Crippen molar-refractivity contribution in [2.75, 3.05) is 13.2 Å². The van der Waals surface area contributed by atoms with Crippen LogP contribution >= 0.6 is 0 Å². The Morgan fingerprint density at radius 2 is 0.568 bits per heavy atom. The first-order valence-electron chi connectivity index (χ1n) is 29.1. The van der Waals surface area contributed by atoms with Crippen molar-refractivity contribution in [2.24, 2.45) is 0 Å². The molecule has 0 rings (SSSR count). The summed E-state index contributed by atoms with van der Waals surface area (Å²) in [6.07, 6.45) is 89.4. The number of rotatable bonds is 50. The normalized spacial score (nSPS) is 13.4. The summed E-state index contributed by atoms with van der Waals surface area (Å²) in [6, 6.07) is 0. The van der Waals surface area contributed by atoms with Gasteiger partial charge in [0.05, 0.1) is 6.42 Å². The third-order valence-electron chi connectivity index (χ3n) is 11.5. The van der Waals surface area contributed by atoms with Crippen LogP contribution in [-0.2, 0) is 28.6 Å². The predicted octanol–water partition coefficient (Wildman–Crippen LogP) is 19.9. The van der Waals surface area contributed by atoms with Gasteiger partial charge >= 0.3 is 17.9 Å². The minimum atomic E-state index is -0.856. The van der Waals surface area contributed by atoms with E-state index in [0.717, 1.165) is 154 Å². The highest BCUT2D eigenvalue weighted by atomic mass is 16.6. The monoisotopic (exact) mass is 1020 g/mol.